The highest BCUT2D eigenvalue weighted by Gasteiger charge is 2.20. The second kappa shape index (κ2) is 6.95. The third kappa shape index (κ3) is 3.50. The lowest BCUT2D eigenvalue weighted by atomic mass is 10.2. The van der Waals surface area contributed by atoms with Crippen LogP contribution < -0.4 is 5.56 Å². The van der Waals surface area contributed by atoms with Gasteiger partial charge in [0, 0.05) is 6.54 Å². The van der Waals surface area contributed by atoms with Crippen molar-refractivity contribution in [3.63, 3.8) is 0 Å². The van der Waals surface area contributed by atoms with Gasteiger partial charge in [0.15, 0.2) is 5.16 Å². The first-order chi connectivity index (χ1) is 12.3. The van der Waals surface area contributed by atoms with E-state index in [4.69, 9.17) is 4.74 Å². The normalized spacial score (nSPS) is 11.8. The Bertz CT molecular complexity index is 1050. The molecule has 0 saturated heterocycles. The van der Waals surface area contributed by atoms with Crippen molar-refractivity contribution in [1.82, 2.24) is 19.2 Å². The lowest BCUT2D eigenvalue weighted by molar-refractivity contribution is -0.151. The number of hydrogen-bond acceptors (Lipinski definition) is 6. The Morgan fingerprint density at radius 2 is 2.04 bits per heavy atom. The molecule has 2 heterocycles. The summed E-state index contributed by atoms with van der Waals surface area (Å²) in [4.78, 5) is 24.7. The first kappa shape index (κ1) is 18.2. The highest BCUT2D eigenvalue weighted by atomic mass is 32.2. The Hall–Kier alpha value is -2.61. The molecule has 136 valence electrons. The maximum Gasteiger partial charge on any atom is 0.316 e. The molecular formula is C18H20N4O3S. The first-order valence-electron chi connectivity index (χ1n) is 8.14. The average Bonchev–Trinajstić information content (AvgIpc) is 2.99. The van der Waals surface area contributed by atoms with Crippen molar-refractivity contribution in [1.29, 1.82) is 0 Å². The largest absolute Gasteiger partial charge is 0.459 e. The van der Waals surface area contributed by atoms with Crippen molar-refractivity contribution in [2.45, 2.75) is 38.1 Å². The quantitative estimate of drug-likeness (QED) is 0.389. The number of nitrogens with zero attached hydrogens (tertiary/aromatic N) is 4. The third-order valence-corrected chi connectivity index (χ3v) is 4.43. The number of allylic oxidation sites excluding steroid dienone is 1. The van der Waals surface area contributed by atoms with Crippen LogP contribution in [0.25, 0.3) is 16.7 Å². The van der Waals surface area contributed by atoms with E-state index in [1.165, 1.54) is 16.3 Å². The Balaban J connectivity index is 2.07. The molecule has 26 heavy (non-hydrogen) atoms. The van der Waals surface area contributed by atoms with Gasteiger partial charge in [0.25, 0.3) is 5.56 Å². The van der Waals surface area contributed by atoms with Gasteiger partial charge in [0.2, 0.25) is 5.78 Å². The minimum atomic E-state index is -0.540. The number of benzene rings is 1. The molecule has 0 aliphatic rings. The molecule has 0 aliphatic heterocycles. The van der Waals surface area contributed by atoms with Gasteiger partial charge in [-0.2, -0.15) is 0 Å². The van der Waals surface area contributed by atoms with Gasteiger partial charge in [0.1, 0.15) is 5.60 Å². The van der Waals surface area contributed by atoms with Crippen molar-refractivity contribution in [2.75, 3.05) is 5.75 Å². The SMILES string of the molecule is C=CCn1c(=O)c2ccccc2n2c(SCC(=O)OC(C)(C)C)nnc12. The fraction of sp³-hybridized carbons (Fsp3) is 0.333. The summed E-state index contributed by atoms with van der Waals surface area (Å²) in [5.74, 6) is 0.190. The molecule has 3 rings (SSSR count). The Labute approximate surface area is 154 Å². The lowest BCUT2D eigenvalue weighted by Gasteiger charge is -2.19. The summed E-state index contributed by atoms with van der Waals surface area (Å²) >= 11 is 1.23. The zero-order valence-electron chi connectivity index (χ0n) is 14.9. The Kier molecular flexibility index (Phi) is 4.86. The van der Waals surface area contributed by atoms with E-state index in [2.05, 4.69) is 16.8 Å². The van der Waals surface area contributed by atoms with Crippen LogP contribution in [0.5, 0.6) is 0 Å². The lowest BCUT2D eigenvalue weighted by Crippen LogP contribution is -2.25. The molecule has 0 N–H and O–H groups in total. The number of hydrogen-bond donors (Lipinski definition) is 0. The Morgan fingerprint density at radius 1 is 1.31 bits per heavy atom. The minimum absolute atomic E-state index is 0.104. The second-order valence-electron chi connectivity index (χ2n) is 6.71. The molecule has 0 atom stereocenters. The van der Waals surface area contributed by atoms with Crippen LogP contribution in [0.1, 0.15) is 20.8 Å². The van der Waals surface area contributed by atoms with Crippen LogP contribution >= 0.6 is 11.8 Å². The Morgan fingerprint density at radius 3 is 2.73 bits per heavy atom. The minimum Gasteiger partial charge on any atom is -0.459 e. The van der Waals surface area contributed by atoms with Crippen molar-refractivity contribution in [3.8, 4) is 0 Å². The number of ether oxygens (including phenoxy) is 1. The van der Waals surface area contributed by atoms with Gasteiger partial charge in [-0.05, 0) is 32.9 Å². The molecule has 0 fully saturated rings. The van der Waals surface area contributed by atoms with Gasteiger partial charge in [-0.25, -0.2) is 0 Å². The van der Waals surface area contributed by atoms with Gasteiger partial charge < -0.3 is 4.74 Å². The van der Waals surface area contributed by atoms with Crippen LogP contribution in [-0.2, 0) is 16.1 Å². The highest BCUT2D eigenvalue weighted by molar-refractivity contribution is 7.99. The van der Waals surface area contributed by atoms with E-state index in [9.17, 15) is 9.59 Å². The summed E-state index contributed by atoms with van der Waals surface area (Å²) in [6.07, 6.45) is 1.64. The molecule has 0 unspecified atom stereocenters. The number of aromatic nitrogens is 4. The maximum atomic E-state index is 12.7. The van der Waals surface area contributed by atoms with Crippen LogP contribution in [0.3, 0.4) is 0 Å². The molecule has 0 aliphatic carbocycles. The molecule has 8 heteroatoms. The summed E-state index contributed by atoms with van der Waals surface area (Å²) < 4.78 is 8.63. The fourth-order valence-electron chi connectivity index (χ4n) is 2.62. The van der Waals surface area contributed by atoms with Gasteiger partial charge in [-0.1, -0.05) is 30.0 Å². The predicted molar refractivity (Wildman–Crippen MR) is 102 cm³/mol. The average molecular weight is 372 g/mol. The number of para-hydroxylation sites is 1. The zero-order valence-corrected chi connectivity index (χ0v) is 15.7. The number of carbonyl (C=O) groups is 1. The van der Waals surface area contributed by atoms with Gasteiger partial charge >= 0.3 is 5.97 Å². The van der Waals surface area contributed by atoms with Crippen LogP contribution in [0.15, 0.2) is 46.9 Å². The smallest absolute Gasteiger partial charge is 0.316 e. The van der Waals surface area contributed by atoms with Gasteiger partial charge in [-0.15, -0.1) is 16.8 Å². The summed E-state index contributed by atoms with van der Waals surface area (Å²) in [5, 5.41) is 9.41. The molecule has 2 aromatic heterocycles. The van der Waals surface area contributed by atoms with E-state index in [0.29, 0.717) is 28.4 Å². The highest BCUT2D eigenvalue weighted by Crippen LogP contribution is 2.22. The fourth-order valence-corrected chi connectivity index (χ4v) is 3.33. The summed E-state index contributed by atoms with van der Waals surface area (Å²) in [5.41, 5.74) is 0.00964. The topological polar surface area (TPSA) is 78.5 Å². The van der Waals surface area contributed by atoms with E-state index >= 15 is 0 Å². The van der Waals surface area contributed by atoms with Crippen molar-refractivity contribution in [2.24, 2.45) is 0 Å². The third-order valence-electron chi connectivity index (χ3n) is 3.53. The molecule has 1 aromatic carbocycles. The summed E-state index contributed by atoms with van der Waals surface area (Å²) in [6.45, 7) is 9.49. The molecule has 0 spiro atoms. The molecule has 0 bridgehead atoms. The van der Waals surface area contributed by atoms with Crippen LogP contribution in [-0.4, -0.2) is 36.5 Å². The number of rotatable bonds is 5. The van der Waals surface area contributed by atoms with Crippen molar-refractivity contribution < 1.29 is 9.53 Å². The molecular weight excluding hydrogens is 352 g/mol. The molecule has 0 saturated carbocycles. The van der Waals surface area contributed by atoms with E-state index in [-0.39, 0.29) is 17.3 Å². The standard InChI is InChI=1S/C18H20N4O3S/c1-5-10-21-15(24)12-8-6-7-9-13(12)22-16(21)19-20-17(22)26-11-14(23)25-18(2,3)4/h5-9H,1,10-11H2,2-4H3. The molecule has 7 nitrogen and oxygen atoms in total. The number of thioether (sulfide) groups is 1. The van der Waals surface area contributed by atoms with Crippen molar-refractivity contribution in [3.05, 3.63) is 47.3 Å². The van der Waals surface area contributed by atoms with Crippen molar-refractivity contribution >= 4 is 34.4 Å². The number of esters is 1. The van der Waals surface area contributed by atoms with Crippen LogP contribution in [0, 0.1) is 0 Å². The van der Waals surface area contributed by atoms with E-state index < -0.39 is 5.60 Å². The summed E-state index contributed by atoms with van der Waals surface area (Å²) in [7, 11) is 0. The van der Waals surface area contributed by atoms with Crippen LogP contribution in [0.2, 0.25) is 0 Å². The van der Waals surface area contributed by atoms with Gasteiger partial charge in [0.05, 0.1) is 16.7 Å². The molecule has 0 radical (unpaired) electrons. The monoisotopic (exact) mass is 372 g/mol. The molecule has 3 aromatic rings. The summed E-state index contributed by atoms with van der Waals surface area (Å²) in [6, 6.07) is 7.26. The van der Waals surface area contributed by atoms with E-state index in [0.717, 1.165) is 0 Å². The second-order valence-corrected chi connectivity index (χ2v) is 7.66. The number of carbonyl (C=O) groups excluding carboxylic acids is 1. The van der Waals surface area contributed by atoms with Gasteiger partial charge in [-0.3, -0.25) is 18.6 Å². The van der Waals surface area contributed by atoms with E-state index in [1.807, 2.05) is 39.0 Å². The maximum absolute atomic E-state index is 12.7. The molecule has 0 amide bonds. The first-order valence-corrected chi connectivity index (χ1v) is 9.12. The zero-order chi connectivity index (χ0) is 18.9. The number of fused-ring (bicyclic) bond motifs is 3. The van der Waals surface area contributed by atoms with E-state index in [1.54, 1.807) is 16.5 Å². The predicted octanol–water partition coefficient (Wildman–Crippen LogP) is 2.66. The van der Waals surface area contributed by atoms with Crippen LogP contribution in [0.4, 0.5) is 0 Å².